The molecule has 1 fully saturated rings. The van der Waals surface area contributed by atoms with Crippen LogP contribution >= 0.6 is 11.3 Å². The quantitative estimate of drug-likeness (QED) is 0.211. The van der Waals surface area contributed by atoms with Crippen LogP contribution in [0.4, 0.5) is 9.52 Å². The number of benzene rings is 2. The molecule has 2 aromatic carbocycles. The van der Waals surface area contributed by atoms with E-state index in [4.69, 9.17) is 9.47 Å². The third-order valence-electron chi connectivity index (χ3n) is 5.52. The number of thiazole rings is 1. The van der Waals surface area contributed by atoms with Crippen LogP contribution in [0, 0.1) is 12.7 Å². The number of aliphatic hydroxyl groups is 1. The van der Waals surface area contributed by atoms with Crippen molar-refractivity contribution in [2.45, 2.75) is 26.8 Å². The molecule has 0 spiro atoms. The number of esters is 1. The predicted molar refractivity (Wildman–Crippen MR) is 132 cm³/mol. The molecule has 0 bridgehead atoms. The van der Waals surface area contributed by atoms with E-state index in [2.05, 4.69) is 4.98 Å². The maximum atomic E-state index is 13.7. The molecule has 1 aromatic heterocycles. The summed E-state index contributed by atoms with van der Waals surface area (Å²) in [4.78, 5) is 44.5. The van der Waals surface area contributed by atoms with E-state index in [1.807, 2.05) is 6.92 Å². The Balaban J connectivity index is 1.87. The molecule has 0 saturated carbocycles. The van der Waals surface area contributed by atoms with Crippen LogP contribution < -0.4 is 9.64 Å². The summed E-state index contributed by atoms with van der Waals surface area (Å²) in [5.41, 5.74) is 0.834. The van der Waals surface area contributed by atoms with Crippen molar-refractivity contribution in [1.82, 2.24) is 4.98 Å². The smallest absolute Gasteiger partial charge is 0.350 e. The summed E-state index contributed by atoms with van der Waals surface area (Å²) in [6.45, 7) is 5.72. The number of carbonyl (C=O) groups is 3. The molecule has 1 atom stereocenters. The van der Waals surface area contributed by atoms with Crippen LogP contribution in [0.3, 0.4) is 0 Å². The number of halogens is 1. The lowest BCUT2D eigenvalue weighted by Crippen LogP contribution is -2.29. The Morgan fingerprint density at radius 3 is 2.36 bits per heavy atom. The number of nitrogens with zero attached hydrogens (tertiary/aromatic N) is 2. The van der Waals surface area contributed by atoms with Gasteiger partial charge in [-0.3, -0.25) is 14.5 Å². The molecule has 10 heteroatoms. The number of ether oxygens (including phenoxy) is 2. The summed E-state index contributed by atoms with van der Waals surface area (Å²) >= 11 is 0.902. The van der Waals surface area contributed by atoms with Crippen molar-refractivity contribution >= 4 is 39.9 Å². The Bertz CT molecular complexity index is 1350. The second-order valence-electron chi connectivity index (χ2n) is 7.81. The summed E-state index contributed by atoms with van der Waals surface area (Å²) < 4.78 is 24.2. The highest BCUT2D eigenvalue weighted by atomic mass is 32.1. The van der Waals surface area contributed by atoms with Gasteiger partial charge in [-0.2, -0.15) is 0 Å². The van der Waals surface area contributed by atoms with Crippen LogP contribution in [0.25, 0.3) is 5.76 Å². The molecule has 1 aliphatic rings. The lowest BCUT2D eigenvalue weighted by atomic mass is 9.95. The van der Waals surface area contributed by atoms with Crippen molar-refractivity contribution in [2.24, 2.45) is 0 Å². The highest BCUT2D eigenvalue weighted by molar-refractivity contribution is 7.17. The van der Waals surface area contributed by atoms with Crippen LogP contribution in [-0.4, -0.2) is 41.0 Å². The highest BCUT2D eigenvalue weighted by Gasteiger charge is 2.48. The van der Waals surface area contributed by atoms with Gasteiger partial charge in [0.05, 0.1) is 30.5 Å². The molecule has 1 amide bonds. The lowest BCUT2D eigenvalue weighted by Gasteiger charge is -2.23. The highest BCUT2D eigenvalue weighted by Crippen LogP contribution is 2.44. The Kier molecular flexibility index (Phi) is 7.16. The van der Waals surface area contributed by atoms with E-state index in [0.717, 1.165) is 16.2 Å². The van der Waals surface area contributed by atoms with E-state index in [-0.39, 0.29) is 22.2 Å². The van der Waals surface area contributed by atoms with Crippen molar-refractivity contribution in [3.05, 3.63) is 81.6 Å². The molecular formula is C26H23FN2O6S. The molecule has 0 aliphatic carbocycles. The molecule has 1 saturated heterocycles. The largest absolute Gasteiger partial charge is 0.507 e. The number of aryl methyl sites for hydroxylation is 1. The fourth-order valence-electron chi connectivity index (χ4n) is 3.89. The Morgan fingerprint density at radius 1 is 1.08 bits per heavy atom. The molecule has 8 nitrogen and oxygen atoms in total. The van der Waals surface area contributed by atoms with Gasteiger partial charge >= 0.3 is 11.9 Å². The monoisotopic (exact) mass is 510 g/mol. The summed E-state index contributed by atoms with van der Waals surface area (Å²) in [7, 11) is 0. The van der Waals surface area contributed by atoms with Gasteiger partial charge in [-0.15, -0.1) is 0 Å². The Morgan fingerprint density at radius 2 is 1.75 bits per heavy atom. The number of Topliss-reactive ketones (excluding diaryl/α,β-unsaturated/α-hetero) is 1. The number of hydrogen-bond donors (Lipinski definition) is 1. The Hall–Kier alpha value is -4.05. The van der Waals surface area contributed by atoms with Gasteiger partial charge < -0.3 is 14.6 Å². The molecular weight excluding hydrogens is 487 g/mol. The van der Waals surface area contributed by atoms with Gasteiger partial charge in [0.15, 0.2) is 5.13 Å². The predicted octanol–water partition coefficient (Wildman–Crippen LogP) is 4.79. The molecule has 2 heterocycles. The summed E-state index contributed by atoms with van der Waals surface area (Å²) in [6, 6.07) is 10.6. The zero-order valence-corrected chi connectivity index (χ0v) is 20.6. The number of aromatic nitrogens is 1. The van der Waals surface area contributed by atoms with E-state index in [1.54, 1.807) is 38.1 Å². The maximum Gasteiger partial charge on any atom is 0.350 e. The van der Waals surface area contributed by atoms with Crippen molar-refractivity contribution < 1.29 is 33.4 Å². The first-order valence-corrected chi connectivity index (χ1v) is 12.0. The van der Waals surface area contributed by atoms with E-state index in [0.29, 0.717) is 29.2 Å². The van der Waals surface area contributed by atoms with Crippen molar-refractivity contribution in [3.8, 4) is 5.75 Å². The number of rotatable bonds is 7. The van der Waals surface area contributed by atoms with Gasteiger partial charge in [0.25, 0.3) is 5.78 Å². The minimum Gasteiger partial charge on any atom is -0.507 e. The molecule has 1 unspecified atom stereocenters. The average molecular weight is 511 g/mol. The van der Waals surface area contributed by atoms with Crippen LogP contribution in [0.2, 0.25) is 0 Å². The first-order chi connectivity index (χ1) is 17.3. The van der Waals surface area contributed by atoms with E-state index >= 15 is 0 Å². The average Bonchev–Trinajstić information content (AvgIpc) is 3.37. The van der Waals surface area contributed by atoms with Crippen LogP contribution in [0.5, 0.6) is 5.75 Å². The fourth-order valence-corrected chi connectivity index (χ4v) is 4.88. The van der Waals surface area contributed by atoms with E-state index < -0.39 is 35.3 Å². The number of ketones is 1. The van der Waals surface area contributed by atoms with Gasteiger partial charge in [0.2, 0.25) is 0 Å². The zero-order chi connectivity index (χ0) is 26.0. The van der Waals surface area contributed by atoms with Crippen LogP contribution in [0.15, 0.2) is 54.1 Å². The van der Waals surface area contributed by atoms with E-state index in [1.165, 1.54) is 24.3 Å². The first kappa shape index (κ1) is 25.1. The third kappa shape index (κ3) is 4.59. The minimum atomic E-state index is -1.10. The standard InChI is InChI=1S/C26H23FN2O6S/c1-4-34-18-12-8-16(9-13-18)21(30)19-20(15-6-10-17(27)11-7-15)29(24(32)22(19)31)26-28-14(3)23(36-26)25(33)35-5-2/h6-13,20,30H,4-5H2,1-3H3/b21-19+. The SMILES string of the molecule is CCOC(=O)c1sc(N2C(=O)C(=O)/C(=C(/O)c3ccc(OCC)cc3)C2c2ccc(F)cc2)nc1C. The molecule has 186 valence electrons. The van der Waals surface area contributed by atoms with Crippen molar-refractivity contribution in [2.75, 3.05) is 18.1 Å². The third-order valence-corrected chi connectivity index (χ3v) is 6.66. The van der Waals surface area contributed by atoms with Crippen molar-refractivity contribution in [1.29, 1.82) is 0 Å². The molecule has 1 N–H and O–H groups in total. The number of aliphatic hydroxyl groups excluding tert-OH is 1. The van der Waals surface area contributed by atoms with Gasteiger partial charge in [-0.05, 0) is 62.7 Å². The number of anilines is 1. The zero-order valence-electron chi connectivity index (χ0n) is 19.8. The molecule has 4 rings (SSSR count). The van der Waals surface area contributed by atoms with Crippen LogP contribution in [0.1, 0.15) is 46.4 Å². The number of hydrogen-bond acceptors (Lipinski definition) is 8. The van der Waals surface area contributed by atoms with Crippen LogP contribution in [-0.2, 0) is 14.3 Å². The summed E-state index contributed by atoms with van der Waals surface area (Å²) in [5, 5.41) is 11.3. The fraction of sp³-hybridized carbons (Fsp3) is 0.231. The molecule has 3 aromatic rings. The minimum absolute atomic E-state index is 0.0812. The molecule has 1 aliphatic heterocycles. The Labute approximate surface area is 210 Å². The van der Waals surface area contributed by atoms with Crippen molar-refractivity contribution in [3.63, 3.8) is 0 Å². The molecule has 36 heavy (non-hydrogen) atoms. The first-order valence-electron chi connectivity index (χ1n) is 11.2. The number of amides is 1. The van der Waals surface area contributed by atoms with Gasteiger partial charge in [0, 0.05) is 5.56 Å². The summed E-state index contributed by atoms with van der Waals surface area (Å²) in [6.07, 6.45) is 0. The second kappa shape index (κ2) is 10.3. The lowest BCUT2D eigenvalue weighted by molar-refractivity contribution is -0.132. The summed E-state index contributed by atoms with van der Waals surface area (Å²) in [5.74, 6) is -2.77. The topological polar surface area (TPSA) is 106 Å². The normalized spacial score (nSPS) is 16.9. The van der Waals surface area contributed by atoms with E-state index in [9.17, 15) is 23.9 Å². The van der Waals surface area contributed by atoms with Gasteiger partial charge in [-0.1, -0.05) is 23.5 Å². The van der Waals surface area contributed by atoms with Gasteiger partial charge in [-0.25, -0.2) is 14.2 Å². The second-order valence-corrected chi connectivity index (χ2v) is 8.79. The van der Waals surface area contributed by atoms with Gasteiger partial charge in [0.1, 0.15) is 22.2 Å². The maximum absolute atomic E-state index is 13.7. The number of carbonyl (C=O) groups excluding carboxylic acids is 3. The molecule has 0 radical (unpaired) electrons.